The largest absolute Gasteiger partial charge is 0.0837 e. The van der Waals surface area contributed by atoms with Gasteiger partial charge >= 0.3 is 0 Å². The van der Waals surface area contributed by atoms with Crippen molar-refractivity contribution in [3.63, 3.8) is 0 Å². The molecular weight excluding hydrogens is 92.1 g/mol. The Morgan fingerprint density at radius 1 is 1.83 bits per heavy atom. The quantitative estimate of drug-likeness (QED) is 0.385. The zero-order chi connectivity index (χ0) is 4.83. The van der Waals surface area contributed by atoms with E-state index in [4.69, 9.17) is 0 Å². The van der Waals surface area contributed by atoms with Gasteiger partial charge < -0.3 is 0 Å². The monoisotopic (exact) mass is 100 g/mol. The highest BCUT2D eigenvalue weighted by Crippen LogP contribution is 1.86. The Hall–Kier alpha value is 0.0900. The van der Waals surface area contributed by atoms with E-state index in [0.717, 1.165) is 12.8 Å². The van der Waals surface area contributed by atoms with E-state index in [2.05, 4.69) is 24.0 Å². The number of rotatable bonds is 3. The second-order valence-electron chi connectivity index (χ2n) is 1.09. The smallest absolute Gasteiger partial charge is 0.0291 e. The van der Waals surface area contributed by atoms with Crippen LogP contribution < -0.4 is 0 Å². The molecule has 0 bridgehead atoms. The summed E-state index contributed by atoms with van der Waals surface area (Å²) in [6.45, 7) is 2.02. The van der Waals surface area contributed by atoms with Crippen LogP contribution in [-0.4, -0.2) is 5.37 Å². The highest BCUT2D eigenvalue weighted by atomic mass is 32.1. The third-order valence-electron chi connectivity index (χ3n) is 0.535. The molecule has 0 aromatic rings. The summed E-state index contributed by atoms with van der Waals surface area (Å²) in [5.74, 6) is 0. The van der Waals surface area contributed by atoms with Crippen LogP contribution in [-0.2, 0) is 0 Å². The molecule has 0 N–H and O–H groups in total. The normalized spacial score (nSPS) is 8.17. The topological polar surface area (TPSA) is 0 Å². The zero-order valence-corrected chi connectivity index (χ0v) is 4.72. The first-order chi connectivity index (χ1) is 2.91. The standard InChI is InChI=1S/C5H8S/c1-2-3-4-5-6/h2H,3-4H2,1H3. The molecule has 0 aromatic carbocycles. The number of unbranched alkanes of at least 4 members (excludes halogenated alkanes) is 2. The second kappa shape index (κ2) is 5.09. The minimum atomic E-state index is 0.922. The Balaban J connectivity index is 2.49. The zero-order valence-electron chi connectivity index (χ0n) is 3.90. The van der Waals surface area contributed by atoms with Crippen LogP contribution in [0.4, 0.5) is 0 Å². The van der Waals surface area contributed by atoms with Crippen LogP contribution in [0.25, 0.3) is 0 Å². The van der Waals surface area contributed by atoms with Crippen molar-refractivity contribution in [2.45, 2.75) is 19.8 Å². The van der Waals surface area contributed by atoms with E-state index in [0.29, 0.717) is 0 Å². The molecule has 0 saturated carbocycles. The first-order valence-electron chi connectivity index (χ1n) is 2.04. The van der Waals surface area contributed by atoms with Crippen molar-refractivity contribution in [2.24, 2.45) is 0 Å². The molecule has 2 radical (unpaired) electrons. The Kier molecular flexibility index (Phi) is 5.17. The molecule has 0 unspecified atom stereocenters. The van der Waals surface area contributed by atoms with Gasteiger partial charge in [0.2, 0.25) is 0 Å². The molecule has 1 heteroatoms. The number of thiocarbonyl (C=S) groups is 1. The molecule has 6 heavy (non-hydrogen) atoms. The van der Waals surface area contributed by atoms with Crippen LogP contribution in [0.15, 0.2) is 0 Å². The fourth-order valence-electron chi connectivity index (χ4n) is 0.203. The van der Waals surface area contributed by atoms with Gasteiger partial charge in [-0.1, -0.05) is 19.1 Å². The molecule has 0 aliphatic rings. The first kappa shape index (κ1) is 6.09. The molecule has 0 amide bonds. The Morgan fingerprint density at radius 3 is 2.67 bits per heavy atom. The van der Waals surface area contributed by atoms with Crippen LogP contribution >= 0.6 is 12.2 Å². The molecule has 0 aliphatic carbocycles. The van der Waals surface area contributed by atoms with Crippen molar-refractivity contribution in [1.29, 1.82) is 0 Å². The van der Waals surface area contributed by atoms with Gasteiger partial charge in [0, 0.05) is 5.37 Å². The Labute approximate surface area is 44.6 Å². The van der Waals surface area contributed by atoms with Gasteiger partial charge in [0.25, 0.3) is 0 Å². The van der Waals surface area contributed by atoms with Gasteiger partial charge in [-0.05, 0) is 19.3 Å². The summed E-state index contributed by atoms with van der Waals surface area (Å²) in [6.07, 6.45) is 4.08. The van der Waals surface area contributed by atoms with Crippen LogP contribution in [0.3, 0.4) is 0 Å². The lowest BCUT2D eigenvalue weighted by Gasteiger charge is -1.79. The van der Waals surface area contributed by atoms with Crippen molar-refractivity contribution in [1.82, 2.24) is 0 Å². The minimum absolute atomic E-state index is 0.922. The van der Waals surface area contributed by atoms with E-state index >= 15 is 0 Å². The maximum Gasteiger partial charge on any atom is 0.0291 e. The molecule has 0 aliphatic heterocycles. The molecule has 34 valence electrons. The van der Waals surface area contributed by atoms with Crippen LogP contribution in [0.5, 0.6) is 0 Å². The van der Waals surface area contributed by atoms with E-state index in [-0.39, 0.29) is 0 Å². The predicted molar refractivity (Wildman–Crippen MR) is 31.8 cm³/mol. The molecule has 0 saturated heterocycles. The summed E-state index contributed by atoms with van der Waals surface area (Å²) in [6, 6.07) is 0. The van der Waals surface area contributed by atoms with Gasteiger partial charge in [0.1, 0.15) is 0 Å². The van der Waals surface area contributed by atoms with Crippen LogP contribution in [0, 0.1) is 6.42 Å². The third kappa shape index (κ3) is 4.09. The van der Waals surface area contributed by atoms with Crippen molar-refractivity contribution < 1.29 is 0 Å². The average molecular weight is 100 g/mol. The Bertz CT molecular complexity index is 32.9. The van der Waals surface area contributed by atoms with Crippen molar-refractivity contribution >= 4 is 17.6 Å². The summed E-state index contributed by atoms with van der Waals surface area (Å²) >= 11 is 4.45. The molecule has 0 heterocycles. The fraction of sp³-hybridized carbons (Fsp3) is 0.600. The van der Waals surface area contributed by atoms with E-state index in [1.54, 1.807) is 0 Å². The fourth-order valence-corrected chi connectivity index (χ4v) is 0.321. The van der Waals surface area contributed by atoms with E-state index in [1.165, 1.54) is 0 Å². The van der Waals surface area contributed by atoms with Gasteiger partial charge in [-0.3, -0.25) is 0 Å². The van der Waals surface area contributed by atoms with Gasteiger partial charge in [-0.2, -0.15) is 0 Å². The minimum Gasteiger partial charge on any atom is -0.0837 e. The predicted octanol–water partition coefficient (Wildman–Crippen LogP) is 1.87. The SMILES string of the molecule is C[CH]CC[C]=S. The summed E-state index contributed by atoms with van der Waals surface area (Å²) < 4.78 is 0. The summed E-state index contributed by atoms with van der Waals surface area (Å²) in [7, 11) is 0. The van der Waals surface area contributed by atoms with Gasteiger partial charge in [0.05, 0.1) is 0 Å². The molecule has 0 spiro atoms. The van der Waals surface area contributed by atoms with E-state index in [1.807, 2.05) is 6.92 Å². The maximum absolute atomic E-state index is 4.45. The van der Waals surface area contributed by atoms with E-state index < -0.39 is 0 Å². The number of hydrogen-bond acceptors (Lipinski definition) is 1. The number of hydrogen-bond donors (Lipinski definition) is 0. The maximum atomic E-state index is 4.45. The lowest BCUT2D eigenvalue weighted by Crippen LogP contribution is -1.68. The molecule has 0 atom stereocenters. The molecular formula is C5H8S. The van der Waals surface area contributed by atoms with Crippen molar-refractivity contribution in [3.05, 3.63) is 6.42 Å². The molecule has 0 aromatic heterocycles. The van der Waals surface area contributed by atoms with E-state index in [9.17, 15) is 0 Å². The molecule has 0 fully saturated rings. The Morgan fingerprint density at radius 2 is 2.50 bits per heavy atom. The highest BCUT2D eigenvalue weighted by molar-refractivity contribution is 7.78. The summed E-state index contributed by atoms with van der Waals surface area (Å²) in [5.41, 5.74) is 0. The van der Waals surface area contributed by atoms with Crippen molar-refractivity contribution in [2.75, 3.05) is 0 Å². The van der Waals surface area contributed by atoms with Gasteiger partial charge in [0.15, 0.2) is 0 Å². The summed E-state index contributed by atoms with van der Waals surface area (Å²) in [5, 5.41) is 2.62. The van der Waals surface area contributed by atoms with Crippen molar-refractivity contribution in [3.8, 4) is 0 Å². The van der Waals surface area contributed by atoms with Crippen LogP contribution in [0.1, 0.15) is 19.8 Å². The first-order valence-corrected chi connectivity index (χ1v) is 2.45. The van der Waals surface area contributed by atoms with Gasteiger partial charge in [-0.15, -0.1) is 0 Å². The van der Waals surface area contributed by atoms with Crippen LogP contribution in [0.2, 0.25) is 0 Å². The average Bonchev–Trinajstić information content (AvgIpc) is 1.61. The lowest BCUT2D eigenvalue weighted by atomic mass is 10.3. The summed E-state index contributed by atoms with van der Waals surface area (Å²) in [4.78, 5) is 0. The third-order valence-corrected chi connectivity index (χ3v) is 0.739. The molecule has 0 rings (SSSR count). The lowest BCUT2D eigenvalue weighted by molar-refractivity contribution is 1.03. The second-order valence-corrected chi connectivity index (χ2v) is 1.38. The molecule has 0 nitrogen and oxygen atoms in total. The highest BCUT2D eigenvalue weighted by Gasteiger charge is 1.73. The van der Waals surface area contributed by atoms with Gasteiger partial charge in [-0.25, -0.2) is 0 Å².